The van der Waals surface area contributed by atoms with Crippen LogP contribution < -0.4 is 10.7 Å². The van der Waals surface area contributed by atoms with Crippen LogP contribution in [0.2, 0.25) is 0 Å². The fourth-order valence-electron chi connectivity index (χ4n) is 2.84. The van der Waals surface area contributed by atoms with Crippen LogP contribution in [0.15, 0.2) is 63.8 Å². The Hall–Kier alpha value is -2.76. The molecule has 1 aliphatic heterocycles. The lowest BCUT2D eigenvalue weighted by Crippen LogP contribution is -2.40. The minimum absolute atomic E-state index is 0.0601. The second-order valence-corrected chi connectivity index (χ2v) is 6.21. The van der Waals surface area contributed by atoms with Crippen LogP contribution in [0, 0.1) is 0 Å². The quantitative estimate of drug-likeness (QED) is 0.720. The molecule has 1 saturated heterocycles. The summed E-state index contributed by atoms with van der Waals surface area (Å²) in [5, 5.41) is 3.69. The highest BCUT2D eigenvalue weighted by Gasteiger charge is 2.14. The van der Waals surface area contributed by atoms with Crippen LogP contribution >= 0.6 is 0 Å². The highest BCUT2D eigenvalue weighted by molar-refractivity contribution is 5.91. The van der Waals surface area contributed by atoms with Crippen LogP contribution in [0.5, 0.6) is 0 Å². The Balaban J connectivity index is 0.000000236. The van der Waals surface area contributed by atoms with Crippen LogP contribution in [0.25, 0.3) is 22.3 Å². The maximum absolute atomic E-state index is 12.3. The maximum Gasteiger partial charge on any atom is 0.203 e. The number of benzene rings is 2. The van der Waals surface area contributed by atoms with Crippen LogP contribution in [0.1, 0.15) is 10.4 Å². The van der Waals surface area contributed by atoms with Gasteiger partial charge in [-0.3, -0.25) is 9.59 Å². The molecule has 0 bridgehead atoms. The first-order chi connectivity index (χ1) is 12.7. The molecule has 1 aromatic heterocycles. The van der Waals surface area contributed by atoms with E-state index in [9.17, 15) is 9.59 Å². The standard InChI is InChI=1S/C16H10O3.C5H12N2/c17-10-13-15(18)12-8-4-5-9-14(12)19-16(13)11-6-2-1-3-7-11;1-7-4-2-6-3-5-7/h1-10H;6H,2-5H2,1H3. The zero-order valence-electron chi connectivity index (χ0n) is 14.8. The van der Waals surface area contributed by atoms with Gasteiger partial charge >= 0.3 is 0 Å². The molecule has 1 aliphatic rings. The Labute approximate surface area is 152 Å². The number of piperazine rings is 1. The maximum atomic E-state index is 12.3. The predicted octanol–water partition coefficient (Wildman–Crippen LogP) is 2.79. The molecule has 4 rings (SSSR count). The predicted molar refractivity (Wildman–Crippen MR) is 104 cm³/mol. The summed E-state index contributed by atoms with van der Waals surface area (Å²) >= 11 is 0. The second kappa shape index (κ2) is 8.56. The normalized spacial score (nSPS) is 14.5. The van der Waals surface area contributed by atoms with E-state index in [1.807, 2.05) is 18.2 Å². The van der Waals surface area contributed by atoms with E-state index in [0.29, 0.717) is 28.6 Å². The number of hydrogen-bond acceptors (Lipinski definition) is 5. The summed E-state index contributed by atoms with van der Waals surface area (Å²) in [6.07, 6.45) is 0.556. The lowest BCUT2D eigenvalue weighted by Gasteiger charge is -2.21. The zero-order chi connectivity index (χ0) is 18.4. The summed E-state index contributed by atoms with van der Waals surface area (Å²) < 4.78 is 5.72. The number of carbonyl (C=O) groups is 1. The number of rotatable bonds is 2. The van der Waals surface area contributed by atoms with E-state index >= 15 is 0 Å². The molecule has 3 aromatic rings. The third kappa shape index (κ3) is 4.07. The summed E-state index contributed by atoms with van der Waals surface area (Å²) in [6.45, 7) is 4.74. The molecular weight excluding hydrogens is 328 g/mol. The molecule has 1 fully saturated rings. The Morgan fingerprint density at radius 3 is 2.27 bits per heavy atom. The highest BCUT2D eigenvalue weighted by atomic mass is 16.3. The third-order valence-corrected chi connectivity index (χ3v) is 4.33. The molecular formula is C21H22N2O3. The smallest absolute Gasteiger partial charge is 0.203 e. The number of carbonyl (C=O) groups excluding carboxylic acids is 1. The van der Waals surface area contributed by atoms with E-state index in [-0.39, 0.29) is 11.0 Å². The molecule has 0 amide bonds. The van der Waals surface area contributed by atoms with E-state index in [1.54, 1.807) is 36.4 Å². The van der Waals surface area contributed by atoms with Gasteiger partial charge in [-0.15, -0.1) is 0 Å². The number of nitrogens with zero attached hydrogens (tertiary/aromatic N) is 1. The van der Waals surface area contributed by atoms with Crippen molar-refractivity contribution < 1.29 is 9.21 Å². The monoisotopic (exact) mass is 350 g/mol. The molecule has 0 unspecified atom stereocenters. The first-order valence-corrected chi connectivity index (χ1v) is 8.66. The summed E-state index contributed by atoms with van der Waals surface area (Å²) in [6, 6.07) is 16.1. The molecule has 0 radical (unpaired) electrons. The van der Waals surface area contributed by atoms with Crippen LogP contribution in [-0.4, -0.2) is 44.4 Å². The van der Waals surface area contributed by atoms with E-state index in [1.165, 1.54) is 13.1 Å². The molecule has 2 aromatic carbocycles. The van der Waals surface area contributed by atoms with Gasteiger partial charge in [0.2, 0.25) is 5.43 Å². The number of fused-ring (bicyclic) bond motifs is 1. The van der Waals surface area contributed by atoms with Crippen molar-refractivity contribution in [3.63, 3.8) is 0 Å². The zero-order valence-corrected chi connectivity index (χ0v) is 14.8. The molecule has 26 heavy (non-hydrogen) atoms. The highest BCUT2D eigenvalue weighted by Crippen LogP contribution is 2.24. The number of hydrogen-bond donors (Lipinski definition) is 1. The van der Waals surface area contributed by atoms with Crippen molar-refractivity contribution in [2.24, 2.45) is 0 Å². The lowest BCUT2D eigenvalue weighted by atomic mass is 10.1. The molecule has 0 saturated carbocycles. The average Bonchev–Trinajstić information content (AvgIpc) is 2.70. The number of nitrogens with one attached hydrogen (secondary N) is 1. The molecule has 5 heteroatoms. The van der Waals surface area contributed by atoms with Crippen LogP contribution in [0.3, 0.4) is 0 Å². The van der Waals surface area contributed by atoms with Crippen molar-refractivity contribution in [3.05, 3.63) is 70.4 Å². The number of para-hydroxylation sites is 1. The minimum Gasteiger partial charge on any atom is -0.455 e. The summed E-state index contributed by atoms with van der Waals surface area (Å²) in [5.74, 6) is 0.319. The topological polar surface area (TPSA) is 62.6 Å². The molecule has 5 nitrogen and oxygen atoms in total. The lowest BCUT2D eigenvalue weighted by molar-refractivity contribution is 0.112. The van der Waals surface area contributed by atoms with E-state index in [0.717, 1.165) is 13.1 Å². The molecule has 0 atom stereocenters. The Bertz CT molecular complexity index is 929. The fourth-order valence-corrected chi connectivity index (χ4v) is 2.84. The Morgan fingerprint density at radius 2 is 1.65 bits per heavy atom. The molecule has 134 valence electrons. The summed E-state index contributed by atoms with van der Waals surface area (Å²) in [5.41, 5.74) is 0.963. The summed E-state index contributed by atoms with van der Waals surface area (Å²) in [4.78, 5) is 25.8. The van der Waals surface area contributed by atoms with Gasteiger partial charge in [-0.25, -0.2) is 0 Å². The molecule has 2 heterocycles. The second-order valence-electron chi connectivity index (χ2n) is 6.21. The van der Waals surface area contributed by atoms with E-state index < -0.39 is 0 Å². The van der Waals surface area contributed by atoms with Gasteiger partial charge in [-0.05, 0) is 19.2 Å². The van der Waals surface area contributed by atoms with Crippen LogP contribution in [-0.2, 0) is 0 Å². The Kier molecular flexibility index (Phi) is 5.94. The average molecular weight is 350 g/mol. The van der Waals surface area contributed by atoms with Crippen molar-refractivity contribution in [2.45, 2.75) is 0 Å². The van der Waals surface area contributed by atoms with E-state index in [4.69, 9.17) is 4.42 Å². The van der Waals surface area contributed by atoms with Crippen molar-refractivity contribution in [2.75, 3.05) is 33.2 Å². The molecule has 0 aliphatic carbocycles. The summed E-state index contributed by atoms with van der Waals surface area (Å²) in [7, 11) is 2.15. The van der Waals surface area contributed by atoms with Crippen molar-refractivity contribution >= 4 is 17.3 Å². The SMILES string of the molecule is CN1CCNCC1.O=Cc1c(-c2ccccc2)oc2ccccc2c1=O. The first-order valence-electron chi connectivity index (χ1n) is 8.66. The van der Waals surface area contributed by atoms with Gasteiger partial charge in [-0.2, -0.15) is 0 Å². The number of likely N-dealkylation sites (N-methyl/N-ethyl adjacent to an activating group) is 1. The van der Waals surface area contributed by atoms with Gasteiger partial charge in [0.25, 0.3) is 0 Å². The van der Waals surface area contributed by atoms with Crippen LogP contribution in [0.4, 0.5) is 0 Å². The van der Waals surface area contributed by atoms with Gasteiger partial charge in [0.1, 0.15) is 16.9 Å². The minimum atomic E-state index is -0.296. The van der Waals surface area contributed by atoms with Gasteiger partial charge in [0.05, 0.1) is 5.39 Å². The van der Waals surface area contributed by atoms with Gasteiger partial charge in [-0.1, -0.05) is 42.5 Å². The number of aldehydes is 1. The van der Waals surface area contributed by atoms with E-state index in [2.05, 4.69) is 17.3 Å². The van der Waals surface area contributed by atoms with Gasteiger partial charge in [0, 0.05) is 31.7 Å². The largest absolute Gasteiger partial charge is 0.455 e. The molecule has 1 N–H and O–H groups in total. The Morgan fingerprint density at radius 1 is 1.00 bits per heavy atom. The van der Waals surface area contributed by atoms with Gasteiger partial charge in [0.15, 0.2) is 6.29 Å². The third-order valence-electron chi connectivity index (χ3n) is 4.33. The first kappa shape index (κ1) is 18.0. The van der Waals surface area contributed by atoms with Crippen molar-refractivity contribution in [1.29, 1.82) is 0 Å². The van der Waals surface area contributed by atoms with Crippen molar-refractivity contribution in [3.8, 4) is 11.3 Å². The molecule has 0 spiro atoms. The van der Waals surface area contributed by atoms with Gasteiger partial charge < -0.3 is 14.6 Å². The van der Waals surface area contributed by atoms with Crippen molar-refractivity contribution in [1.82, 2.24) is 10.2 Å². The fraction of sp³-hybridized carbons (Fsp3) is 0.238.